The summed E-state index contributed by atoms with van der Waals surface area (Å²) < 4.78 is 0. The Hall–Kier alpha value is -1.75. The Morgan fingerprint density at radius 2 is 1.95 bits per heavy atom. The van der Waals surface area contributed by atoms with Gasteiger partial charge >= 0.3 is 0 Å². The largest absolute Gasteiger partial charge is 0.396 e. The first-order valence-corrected chi connectivity index (χ1v) is 6.94. The fourth-order valence-electron chi connectivity index (χ4n) is 2.96. The number of benzene rings is 1. The Morgan fingerprint density at radius 1 is 1.30 bits per heavy atom. The molecule has 1 saturated carbocycles. The topological polar surface area (TPSA) is 75.6 Å². The number of nitrogens with zero attached hydrogens (tertiary/aromatic N) is 2. The van der Waals surface area contributed by atoms with Gasteiger partial charge in [-0.05, 0) is 45.5 Å². The highest BCUT2D eigenvalue weighted by atomic mass is 16.1. The molecular weight excluding hydrogens is 252 g/mol. The molecule has 1 aliphatic carbocycles. The summed E-state index contributed by atoms with van der Waals surface area (Å²) in [4.78, 5) is 15.8. The maximum Gasteiger partial charge on any atom is 0.250 e. The molecule has 0 radical (unpaired) electrons. The Balaban J connectivity index is 2.23. The lowest BCUT2D eigenvalue weighted by molar-refractivity contribution is 0.0683. The third kappa shape index (κ3) is 2.45. The molecule has 0 spiro atoms. The normalized spacial score (nSPS) is 16.8. The van der Waals surface area contributed by atoms with Gasteiger partial charge in [-0.25, -0.2) is 0 Å². The molecule has 0 aromatic heterocycles. The number of anilines is 2. The quantitative estimate of drug-likeness (QED) is 0.795. The lowest BCUT2D eigenvalue weighted by atomic mass is 9.75. The van der Waals surface area contributed by atoms with Crippen LogP contribution in [0.25, 0.3) is 0 Å². The van der Waals surface area contributed by atoms with Gasteiger partial charge < -0.3 is 21.3 Å². The van der Waals surface area contributed by atoms with E-state index < -0.39 is 5.91 Å². The fraction of sp³-hybridized carbons (Fsp3) is 0.533. The van der Waals surface area contributed by atoms with E-state index in [4.69, 9.17) is 11.5 Å². The van der Waals surface area contributed by atoms with Crippen LogP contribution in [0.5, 0.6) is 0 Å². The van der Waals surface area contributed by atoms with Crippen molar-refractivity contribution in [2.75, 3.05) is 38.3 Å². The van der Waals surface area contributed by atoms with E-state index in [9.17, 15) is 4.79 Å². The van der Waals surface area contributed by atoms with Crippen LogP contribution in [-0.4, -0.2) is 44.0 Å². The summed E-state index contributed by atoms with van der Waals surface area (Å²) in [5.74, 6) is -0.483. The van der Waals surface area contributed by atoms with Crippen LogP contribution in [0.2, 0.25) is 0 Å². The minimum absolute atomic E-state index is 0.212. The van der Waals surface area contributed by atoms with Crippen molar-refractivity contribution in [3.05, 3.63) is 23.8 Å². The number of amides is 1. The van der Waals surface area contributed by atoms with Gasteiger partial charge in [-0.1, -0.05) is 6.07 Å². The van der Waals surface area contributed by atoms with E-state index in [1.807, 2.05) is 19.2 Å². The lowest BCUT2D eigenvalue weighted by Crippen LogP contribution is -2.56. The first kappa shape index (κ1) is 14.7. The van der Waals surface area contributed by atoms with Crippen molar-refractivity contribution in [2.24, 2.45) is 5.73 Å². The molecule has 0 heterocycles. The number of likely N-dealkylation sites (N-methyl/N-ethyl adjacent to an activating group) is 2. The van der Waals surface area contributed by atoms with Crippen LogP contribution in [-0.2, 0) is 0 Å². The molecule has 2 rings (SSSR count). The van der Waals surface area contributed by atoms with E-state index in [0.29, 0.717) is 11.3 Å². The predicted octanol–water partition coefficient (Wildman–Crippen LogP) is 1.29. The van der Waals surface area contributed by atoms with Crippen LogP contribution in [0.15, 0.2) is 18.2 Å². The molecule has 1 fully saturated rings. The van der Waals surface area contributed by atoms with Gasteiger partial charge in [0.05, 0.1) is 16.9 Å². The molecule has 0 unspecified atom stereocenters. The van der Waals surface area contributed by atoms with Crippen molar-refractivity contribution in [3.8, 4) is 0 Å². The summed E-state index contributed by atoms with van der Waals surface area (Å²) >= 11 is 0. The molecule has 1 amide bonds. The highest BCUT2D eigenvalue weighted by molar-refractivity contribution is 6.00. The number of nitrogen functional groups attached to an aromatic ring is 1. The Labute approximate surface area is 120 Å². The molecule has 0 atom stereocenters. The van der Waals surface area contributed by atoms with Crippen molar-refractivity contribution in [2.45, 2.75) is 24.8 Å². The summed E-state index contributed by atoms with van der Waals surface area (Å²) in [6.07, 6.45) is 3.66. The minimum Gasteiger partial charge on any atom is -0.396 e. The van der Waals surface area contributed by atoms with E-state index in [-0.39, 0.29) is 5.54 Å². The van der Waals surface area contributed by atoms with E-state index in [1.165, 1.54) is 19.3 Å². The SMILES string of the molecule is CN(CC1(N(C)C)CCC1)c1cccc(C(N)=O)c1N. The Morgan fingerprint density at radius 3 is 2.40 bits per heavy atom. The number of hydrogen-bond donors (Lipinski definition) is 2. The molecular formula is C15H24N4O. The maximum atomic E-state index is 11.4. The summed E-state index contributed by atoms with van der Waals surface area (Å²) in [7, 11) is 6.26. The maximum absolute atomic E-state index is 11.4. The number of primary amides is 1. The predicted molar refractivity (Wildman–Crippen MR) is 82.9 cm³/mol. The zero-order chi connectivity index (χ0) is 14.9. The number of nitrogens with two attached hydrogens (primary N) is 2. The second-order valence-corrected chi connectivity index (χ2v) is 5.93. The molecule has 5 nitrogen and oxygen atoms in total. The summed E-state index contributed by atoms with van der Waals surface area (Å²) in [6.45, 7) is 0.895. The van der Waals surface area contributed by atoms with Crippen LogP contribution in [0.3, 0.4) is 0 Å². The number of para-hydroxylation sites is 1. The highest BCUT2D eigenvalue weighted by Crippen LogP contribution is 2.38. The molecule has 20 heavy (non-hydrogen) atoms. The van der Waals surface area contributed by atoms with E-state index in [1.54, 1.807) is 6.07 Å². The van der Waals surface area contributed by atoms with Crippen LogP contribution in [0.1, 0.15) is 29.6 Å². The molecule has 4 N–H and O–H groups in total. The monoisotopic (exact) mass is 276 g/mol. The van der Waals surface area contributed by atoms with Gasteiger partial charge in [-0.15, -0.1) is 0 Å². The molecule has 5 heteroatoms. The van der Waals surface area contributed by atoms with Crippen LogP contribution in [0, 0.1) is 0 Å². The van der Waals surface area contributed by atoms with Gasteiger partial charge in [0.2, 0.25) is 0 Å². The van der Waals surface area contributed by atoms with E-state index >= 15 is 0 Å². The van der Waals surface area contributed by atoms with E-state index in [0.717, 1.165) is 12.2 Å². The zero-order valence-corrected chi connectivity index (χ0v) is 12.5. The summed E-state index contributed by atoms with van der Waals surface area (Å²) in [6, 6.07) is 5.43. The van der Waals surface area contributed by atoms with Crippen LogP contribution >= 0.6 is 0 Å². The second-order valence-electron chi connectivity index (χ2n) is 5.93. The zero-order valence-electron chi connectivity index (χ0n) is 12.5. The standard InChI is InChI=1S/C15H24N4O/c1-18(2)15(8-5-9-15)10-19(3)12-7-4-6-11(13(12)16)14(17)20/h4,6-7H,5,8-10,16H2,1-3H3,(H2,17,20). The molecule has 0 bridgehead atoms. The number of rotatable bonds is 5. The van der Waals surface area contributed by atoms with Crippen molar-refractivity contribution >= 4 is 17.3 Å². The molecule has 1 aromatic carbocycles. The van der Waals surface area contributed by atoms with Crippen molar-refractivity contribution in [1.82, 2.24) is 4.90 Å². The van der Waals surface area contributed by atoms with Gasteiger partial charge in [0.1, 0.15) is 0 Å². The van der Waals surface area contributed by atoms with Gasteiger partial charge in [0.15, 0.2) is 0 Å². The molecule has 1 aliphatic rings. The second kappa shape index (κ2) is 5.32. The molecule has 110 valence electrons. The van der Waals surface area contributed by atoms with Gasteiger partial charge in [-0.2, -0.15) is 0 Å². The first-order valence-electron chi connectivity index (χ1n) is 6.94. The number of carbonyl (C=O) groups is 1. The minimum atomic E-state index is -0.483. The van der Waals surface area contributed by atoms with Gasteiger partial charge in [0, 0.05) is 19.1 Å². The van der Waals surface area contributed by atoms with Crippen LogP contribution in [0.4, 0.5) is 11.4 Å². The van der Waals surface area contributed by atoms with Gasteiger partial charge in [-0.3, -0.25) is 4.79 Å². The third-order valence-electron chi connectivity index (χ3n) is 4.52. The lowest BCUT2D eigenvalue weighted by Gasteiger charge is -2.49. The summed E-state index contributed by atoms with van der Waals surface area (Å²) in [5, 5.41) is 0. The molecule has 0 aliphatic heterocycles. The van der Waals surface area contributed by atoms with Gasteiger partial charge in [0.25, 0.3) is 5.91 Å². The van der Waals surface area contributed by atoms with Crippen molar-refractivity contribution in [1.29, 1.82) is 0 Å². The fourth-order valence-corrected chi connectivity index (χ4v) is 2.96. The van der Waals surface area contributed by atoms with Crippen LogP contribution < -0.4 is 16.4 Å². The Bertz CT molecular complexity index is 509. The molecule has 1 aromatic rings. The highest BCUT2D eigenvalue weighted by Gasteiger charge is 2.40. The molecule has 0 saturated heterocycles. The van der Waals surface area contributed by atoms with E-state index in [2.05, 4.69) is 23.9 Å². The Kier molecular flexibility index (Phi) is 3.90. The number of carbonyl (C=O) groups excluding carboxylic acids is 1. The summed E-state index contributed by atoms with van der Waals surface area (Å²) in [5.41, 5.74) is 13.4. The smallest absolute Gasteiger partial charge is 0.250 e. The third-order valence-corrected chi connectivity index (χ3v) is 4.52. The number of hydrogen-bond acceptors (Lipinski definition) is 4. The average Bonchev–Trinajstić information content (AvgIpc) is 2.32. The average molecular weight is 276 g/mol. The first-order chi connectivity index (χ1) is 9.37. The van der Waals surface area contributed by atoms with Crippen molar-refractivity contribution < 1.29 is 4.79 Å². The van der Waals surface area contributed by atoms with Crippen molar-refractivity contribution in [3.63, 3.8) is 0 Å².